The Morgan fingerprint density at radius 3 is 2.13 bits per heavy atom. The first kappa shape index (κ1) is 19.5. The topological polar surface area (TPSA) is 64.6 Å². The summed E-state index contributed by atoms with van der Waals surface area (Å²) >= 11 is 6.47. The number of nitrogens with one attached hydrogen (secondary N) is 1. The van der Waals surface area contributed by atoms with Crippen molar-refractivity contribution in [2.45, 2.75) is 44.7 Å². The lowest BCUT2D eigenvalue weighted by Gasteiger charge is -2.26. The van der Waals surface area contributed by atoms with E-state index >= 15 is 0 Å². The predicted octanol–water partition coefficient (Wildman–Crippen LogP) is 2.83. The van der Waals surface area contributed by atoms with E-state index in [2.05, 4.69) is 5.32 Å². The number of carbonyl (C=O) groups is 2. The Morgan fingerprint density at radius 1 is 1.04 bits per heavy atom. The number of ether oxygens (including phenoxy) is 2. The van der Waals surface area contributed by atoms with E-state index in [-0.39, 0.29) is 13.2 Å². The van der Waals surface area contributed by atoms with Gasteiger partial charge in [0.1, 0.15) is 12.1 Å². The van der Waals surface area contributed by atoms with Crippen LogP contribution < -0.4 is 5.32 Å². The fourth-order valence-corrected chi connectivity index (χ4v) is 2.47. The molecule has 0 bridgehead atoms. The summed E-state index contributed by atoms with van der Waals surface area (Å²) in [6.07, 6.45) is 0.479. The second kappa shape index (κ2) is 10.2. The number of rotatable bonds is 9. The van der Waals surface area contributed by atoms with Gasteiger partial charge in [-0.05, 0) is 25.8 Å². The minimum atomic E-state index is -0.839. The van der Waals surface area contributed by atoms with E-state index in [1.54, 1.807) is 13.8 Å². The van der Waals surface area contributed by atoms with Crippen molar-refractivity contribution < 1.29 is 19.1 Å². The van der Waals surface area contributed by atoms with E-state index in [1.165, 1.54) is 0 Å². The largest absolute Gasteiger partial charge is 0.465 e. The second-order valence-corrected chi connectivity index (χ2v) is 5.39. The molecule has 1 rings (SSSR count). The Bertz CT molecular complexity index is 495. The lowest BCUT2D eigenvalue weighted by atomic mass is 10.0. The van der Waals surface area contributed by atoms with Gasteiger partial charge in [0.15, 0.2) is 0 Å². The molecule has 0 fully saturated rings. The number of alkyl halides is 1. The molecule has 5 nitrogen and oxygen atoms in total. The zero-order chi connectivity index (χ0) is 17.2. The number of halogens is 1. The lowest BCUT2D eigenvalue weighted by Crippen LogP contribution is -2.50. The average molecular weight is 342 g/mol. The molecule has 0 radical (unpaired) electrons. The summed E-state index contributed by atoms with van der Waals surface area (Å²) in [5.41, 5.74) is 0.776. The van der Waals surface area contributed by atoms with E-state index in [9.17, 15) is 9.59 Å². The zero-order valence-corrected chi connectivity index (χ0v) is 14.5. The van der Waals surface area contributed by atoms with Crippen LogP contribution in [0.5, 0.6) is 0 Å². The number of esters is 2. The van der Waals surface area contributed by atoms with Gasteiger partial charge < -0.3 is 9.47 Å². The van der Waals surface area contributed by atoms with E-state index in [0.717, 1.165) is 5.56 Å². The van der Waals surface area contributed by atoms with Gasteiger partial charge in [-0.3, -0.25) is 14.9 Å². The van der Waals surface area contributed by atoms with Gasteiger partial charge in [0.2, 0.25) is 0 Å². The van der Waals surface area contributed by atoms with Crippen molar-refractivity contribution >= 4 is 23.5 Å². The highest BCUT2D eigenvalue weighted by Gasteiger charge is 2.33. The molecule has 3 atom stereocenters. The second-order valence-electron chi connectivity index (χ2n) is 4.92. The molecule has 0 aliphatic heterocycles. The van der Waals surface area contributed by atoms with Gasteiger partial charge >= 0.3 is 11.9 Å². The Hall–Kier alpha value is -1.59. The zero-order valence-electron chi connectivity index (χ0n) is 13.8. The van der Waals surface area contributed by atoms with Crippen molar-refractivity contribution in [3.8, 4) is 0 Å². The molecule has 0 spiro atoms. The molecule has 0 aromatic heterocycles. The average Bonchev–Trinajstić information content (AvgIpc) is 2.56. The van der Waals surface area contributed by atoms with Crippen molar-refractivity contribution in [2.75, 3.05) is 13.2 Å². The predicted molar refractivity (Wildman–Crippen MR) is 89.3 cm³/mol. The standard InChI is InChI=1S/C17H24ClNO4/c1-4-13(16(20)22-5-2)19-15(17(21)23-6-3)14(18)12-10-8-7-9-11-12/h7-11,13-15,19H,4-6H2,1-3H3/t13?,14-,15-/m0/s1. The molecule has 1 aromatic rings. The third-order valence-electron chi connectivity index (χ3n) is 3.31. The molecule has 0 aliphatic carbocycles. The minimum Gasteiger partial charge on any atom is -0.465 e. The highest BCUT2D eigenvalue weighted by Crippen LogP contribution is 2.25. The van der Waals surface area contributed by atoms with Crippen molar-refractivity contribution in [3.63, 3.8) is 0 Å². The molecule has 128 valence electrons. The fraction of sp³-hybridized carbons (Fsp3) is 0.529. The molecule has 0 heterocycles. The molecule has 6 heteroatoms. The van der Waals surface area contributed by atoms with Crippen LogP contribution in [0, 0.1) is 0 Å². The van der Waals surface area contributed by atoms with Crippen molar-refractivity contribution in [1.29, 1.82) is 0 Å². The monoisotopic (exact) mass is 341 g/mol. The normalized spacial score (nSPS) is 14.6. The van der Waals surface area contributed by atoms with Gasteiger partial charge in [-0.1, -0.05) is 37.3 Å². The molecule has 0 amide bonds. The van der Waals surface area contributed by atoms with Gasteiger partial charge in [-0.2, -0.15) is 0 Å². The first-order valence-corrected chi connectivity index (χ1v) is 8.27. The Balaban J connectivity index is 2.95. The molecule has 0 saturated heterocycles. The Labute approximate surface area is 142 Å². The molecule has 1 unspecified atom stereocenters. The number of hydrogen-bond donors (Lipinski definition) is 1. The first-order valence-electron chi connectivity index (χ1n) is 7.83. The maximum absolute atomic E-state index is 12.3. The lowest BCUT2D eigenvalue weighted by molar-refractivity contribution is -0.149. The fourth-order valence-electron chi connectivity index (χ4n) is 2.15. The summed E-state index contributed by atoms with van der Waals surface area (Å²) in [5, 5.41) is 2.34. The van der Waals surface area contributed by atoms with Crippen LogP contribution in [0.2, 0.25) is 0 Å². The van der Waals surface area contributed by atoms with Gasteiger partial charge in [0, 0.05) is 0 Å². The third kappa shape index (κ3) is 5.84. The van der Waals surface area contributed by atoms with Crippen molar-refractivity contribution in [3.05, 3.63) is 35.9 Å². The van der Waals surface area contributed by atoms with Gasteiger partial charge in [-0.15, -0.1) is 11.6 Å². The van der Waals surface area contributed by atoms with Gasteiger partial charge in [-0.25, -0.2) is 0 Å². The van der Waals surface area contributed by atoms with Crippen molar-refractivity contribution in [2.24, 2.45) is 0 Å². The van der Waals surface area contributed by atoms with Gasteiger partial charge in [0.25, 0.3) is 0 Å². The quantitative estimate of drug-likeness (QED) is 0.552. The molecule has 1 aromatic carbocycles. The molecule has 23 heavy (non-hydrogen) atoms. The summed E-state index contributed by atoms with van der Waals surface area (Å²) in [5.74, 6) is -0.889. The maximum atomic E-state index is 12.3. The summed E-state index contributed by atoms with van der Waals surface area (Å²) in [4.78, 5) is 24.2. The molecular weight excluding hydrogens is 318 g/mol. The highest BCUT2D eigenvalue weighted by molar-refractivity contribution is 6.22. The summed E-state index contributed by atoms with van der Waals surface area (Å²) < 4.78 is 10.1. The summed E-state index contributed by atoms with van der Waals surface area (Å²) in [6, 6.07) is 7.76. The van der Waals surface area contributed by atoms with E-state index < -0.39 is 29.4 Å². The SMILES string of the molecule is CCOC(=O)C(CC)N[C@H](C(=O)OCC)[C@@H](Cl)c1ccccc1. The van der Waals surface area contributed by atoms with Crippen LogP contribution >= 0.6 is 11.6 Å². The number of hydrogen-bond acceptors (Lipinski definition) is 5. The Kier molecular flexibility index (Phi) is 8.66. The smallest absolute Gasteiger partial charge is 0.325 e. The number of benzene rings is 1. The Morgan fingerprint density at radius 2 is 1.61 bits per heavy atom. The van der Waals surface area contributed by atoms with Crippen LogP contribution in [-0.2, 0) is 19.1 Å². The van der Waals surface area contributed by atoms with Crippen LogP contribution in [-0.4, -0.2) is 37.2 Å². The number of carbonyl (C=O) groups excluding carboxylic acids is 2. The third-order valence-corrected chi connectivity index (χ3v) is 3.82. The van der Waals surface area contributed by atoms with Crippen LogP contribution in [0.15, 0.2) is 30.3 Å². The van der Waals surface area contributed by atoms with E-state index in [1.807, 2.05) is 37.3 Å². The van der Waals surface area contributed by atoms with Gasteiger partial charge in [0.05, 0.1) is 18.6 Å². The molecule has 0 saturated carbocycles. The highest BCUT2D eigenvalue weighted by atomic mass is 35.5. The first-order chi connectivity index (χ1) is 11.0. The van der Waals surface area contributed by atoms with Crippen LogP contribution in [0.3, 0.4) is 0 Å². The van der Waals surface area contributed by atoms with Crippen LogP contribution in [0.25, 0.3) is 0 Å². The van der Waals surface area contributed by atoms with Crippen molar-refractivity contribution in [1.82, 2.24) is 5.32 Å². The minimum absolute atomic E-state index is 0.242. The summed E-state index contributed by atoms with van der Waals surface area (Å²) in [7, 11) is 0. The van der Waals surface area contributed by atoms with Crippen LogP contribution in [0.4, 0.5) is 0 Å². The van der Waals surface area contributed by atoms with Crippen LogP contribution in [0.1, 0.15) is 38.1 Å². The van der Waals surface area contributed by atoms with E-state index in [0.29, 0.717) is 6.42 Å². The molecule has 0 aliphatic rings. The van der Waals surface area contributed by atoms with E-state index in [4.69, 9.17) is 21.1 Å². The molecule has 1 N–H and O–H groups in total. The maximum Gasteiger partial charge on any atom is 0.325 e. The molecular formula is C17H24ClNO4. The summed E-state index contributed by atoms with van der Waals surface area (Å²) in [6.45, 7) is 5.82.